The highest BCUT2D eigenvalue weighted by Gasteiger charge is 2.29. The summed E-state index contributed by atoms with van der Waals surface area (Å²) in [7, 11) is -2.29. The Kier molecular flexibility index (Phi) is 7.69. The number of piperidine rings is 1. The molecule has 2 N–H and O–H groups in total. The van der Waals surface area contributed by atoms with Crippen molar-refractivity contribution in [2.24, 2.45) is 0 Å². The van der Waals surface area contributed by atoms with Crippen molar-refractivity contribution in [3.63, 3.8) is 0 Å². The van der Waals surface area contributed by atoms with Gasteiger partial charge in [0.15, 0.2) is 0 Å². The topological polar surface area (TPSA) is 95.6 Å². The van der Waals surface area contributed by atoms with E-state index in [1.807, 2.05) is 42.2 Å². The van der Waals surface area contributed by atoms with Gasteiger partial charge in [-0.2, -0.15) is 0 Å². The van der Waals surface area contributed by atoms with Gasteiger partial charge in [-0.1, -0.05) is 43.3 Å². The number of benzene rings is 2. The lowest BCUT2D eigenvalue weighted by Gasteiger charge is -2.34. The second-order valence-electron chi connectivity index (χ2n) is 8.13. The zero-order chi connectivity index (χ0) is 23.3. The van der Waals surface area contributed by atoms with Gasteiger partial charge in [0.25, 0.3) is 5.91 Å². The first kappa shape index (κ1) is 23.9. The number of rotatable bonds is 7. The van der Waals surface area contributed by atoms with Crippen molar-refractivity contribution in [2.75, 3.05) is 20.1 Å². The maximum Gasteiger partial charge on any atom is 0.251 e. The first-order valence-corrected chi connectivity index (χ1v) is 12.4. The SMILES string of the molecule is CCC(C(=O)N1CCC(NC(=O)c2cc(S(=O)(=O)NC)ccc2C)CC1)c1ccccc1. The molecule has 1 atom stereocenters. The van der Waals surface area contributed by atoms with Crippen LogP contribution in [0.2, 0.25) is 0 Å². The van der Waals surface area contributed by atoms with Crippen LogP contribution >= 0.6 is 0 Å². The van der Waals surface area contributed by atoms with Crippen molar-refractivity contribution in [1.29, 1.82) is 0 Å². The van der Waals surface area contributed by atoms with Crippen LogP contribution in [-0.4, -0.2) is 51.3 Å². The van der Waals surface area contributed by atoms with Gasteiger partial charge in [0.2, 0.25) is 15.9 Å². The summed E-state index contributed by atoms with van der Waals surface area (Å²) >= 11 is 0. The number of amides is 2. The molecule has 8 heteroatoms. The van der Waals surface area contributed by atoms with Crippen molar-refractivity contribution >= 4 is 21.8 Å². The Balaban J connectivity index is 1.62. The van der Waals surface area contributed by atoms with Gasteiger partial charge in [0.1, 0.15) is 0 Å². The molecule has 2 aromatic carbocycles. The van der Waals surface area contributed by atoms with Gasteiger partial charge >= 0.3 is 0 Å². The smallest absolute Gasteiger partial charge is 0.251 e. The Hall–Kier alpha value is -2.71. The van der Waals surface area contributed by atoms with E-state index >= 15 is 0 Å². The number of likely N-dealkylation sites (tertiary alicyclic amines) is 1. The first-order chi connectivity index (χ1) is 15.3. The minimum absolute atomic E-state index is 0.0580. The molecule has 172 valence electrons. The summed E-state index contributed by atoms with van der Waals surface area (Å²) in [5.41, 5.74) is 2.08. The van der Waals surface area contributed by atoms with E-state index in [4.69, 9.17) is 0 Å². The summed E-state index contributed by atoms with van der Waals surface area (Å²) in [4.78, 5) is 27.9. The zero-order valence-electron chi connectivity index (χ0n) is 18.8. The molecule has 7 nitrogen and oxygen atoms in total. The van der Waals surface area contributed by atoms with Crippen LogP contribution in [0.1, 0.15) is 53.6 Å². The molecule has 0 saturated carbocycles. The van der Waals surface area contributed by atoms with Crippen molar-refractivity contribution in [2.45, 2.75) is 50.0 Å². The van der Waals surface area contributed by atoms with Crippen molar-refractivity contribution in [3.8, 4) is 0 Å². The van der Waals surface area contributed by atoms with Crippen molar-refractivity contribution in [1.82, 2.24) is 14.9 Å². The van der Waals surface area contributed by atoms with E-state index in [-0.39, 0.29) is 28.7 Å². The Labute approximate surface area is 190 Å². The fourth-order valence-electron chi connectivity index (χ4n) is 4.10. The van der Waals surface area contributed by atoms with Crippen molar-refractivity contribution < 1.29 is 18.0 Å². The predicted molar refractivity (Wildman–Crippen MR) is 124 cm³/mol. The number of carbonyl (C=O) groups excluding carboxylic acids is 2. The molecule has 0 aliphatic carbocycles. The highest BCUT2D eigenvalue weighted by Crippen LogP contribution is 2.24. The van der Waals surface area contributed by atoms with Gasteiger partial charge < -0.3 is 10.2 Å². The second kappa shape index (κ2) is 10.3. The van der Waals surface area contributed by atoms with Crippen LogP contribution in [0.4, 0.5) is 0 Å². The van der Waals surface area contributed by atoms with E-state index in [1.54, 1.807) is 13.0 Å². The van der Waals surface area contributed by atoms with Gasteiger partial charge in [-0.3, -0.25) is 9.59 Å². The van der Waals surface area contributed by atoms with E-state index in [9.17, 15) is 18.0 Å². The number of hydrogen-bond acceptors (Lipinski definition) is 4. The van der Waals surface area contributed by atoms with Crippen LogP contribution in [0.25, 0.3) is 0 Å². The average Bonchev–Trinajstić information content (AvgIpc) is 2.80. The highest BCUT2D eigenvalue weighted by molar-refractivity contribution is 7.89. The van der Waals surface area contributed by atoms with Gasteiger partial charge in [-0.05, 0) is 56.5 Å². The molecule has 1 aliphatic heterocycles. The van der Waals surface area contributed by atoms with Crippen LogP contribution in [0.3, 0.4) is 0 Å². The quantitative estimate of drug-likeness (QED) is 0.668. The zero-order valence-corrected chi connectivity index (χ0v) is 19.6. The number of nitrogens with zero attached hydrogens (tertiary/aromatic N) is 1. The standard InChI is InChI=1S/C24H31N3O4S/c1-4-21(18-8-6-5-7-9-18)24(29)27-14-12-19(13-15-27)26-23(28)22-16-20(11-10-17(22)2)32(30,31)25-3/h5-11,16,19,21,25H,4,12-15H2,1-3H3,(H,26,28). The molecular weight excluding hydrogens is 426 g/mol. The fraction of sp³-hybridized carbons (Fsp3) is 0.417. The number of hydrogen-bond donors (Lipinski definition) is 2. The number of aryl methyl sites for hydroxylation is 1. The largest absolute Gasteiger partial charge is 0.349 e. The van der Waals surface area contributed by atoms with E-state index in [0.29, 0.717) is 37.1 Å². The highest BCUT2D eigenvalue weighted by atomic mass is 32.2. The number of carbonyl (C=O) groups is 2. The fourth-order valence-corrected chi connectivity index (χ4v) is 4.85. The molecule has 1 aliphatic rings. The van der Waals surface area contributed by atoms with E-state index < -0.39 is 10.0 Å². The predicted octanol–water partition coefficient (Wildman–Crippen LogP) is 2.82. The van der Waals surface area contributed by atoms with Gasteiger partial charge in [-0.25, -0.2) is 13.1 Å². The number of sulfonamides is 1. The molecule has 1 fully saturated rings. The van der Waals surface area contributed by atoms with E-state index in [0.717, 1.165) is 12.0 Å². The summed E-state index contributed by atoms with van der Waals surface area (Å²) in [6, 6.07) is 14.3. The summed E-state index contributed by atoms with van der Waals surface area (Å²) in [5.74, 6) is -0.317. The van der Waals surface area contributed by atoms with Gasteiger partial charge in [0.05, 0.1) is 10.8 Å². The summed E-state index contributed by atoms with van der Waals surface area (Å²) in [6.45, 7) is 4.97. The Morgan fingerprint density at radius 3 is 2.34 bits per heavy atom. The van der Waals surface area contributed by atoms with Crippen LogP contribution in [0.15, 0.2) is 53.4 Å². The normalized spacial score (nSPS) is 15.9. The summed E-state index contributed by atoms with van der Waals surface area (Å²) < 4.78 is 26.4. The van der Waals surface area contributed by atoms with Gasteiger partial charge in [0, 0.05) is 24.7 Å². The molecule has 2 amide bonds. The third-order valence-corrected chi connectivity index (χ3v) is 7.49. The Bertz CT molecular complexity index is 1060. The van der Waals surface area contributed by atoms with E-state index in [1.165, 1.54) is 19.2 Å². The minimum atomic E-state index is -3.63. The van der Waals surface area contributed by atoms with Crippen LogP contribution in [0, 0.1) is 6.92 Å². The van der Waals surface area contributed by atoms with E-state index in [2.05, 4.69) is 10.0 Å². The molecule has 0 radical (unpaired) electrons. The lowest BCUT2D eigenvalue weighted by molar-refractivity contribution is -0.134. The lowest BCUT2D eigenvalue weighted by atomic mass is 9.93. The van der Waals surface area contributed by atoms with Crippen LogP contribution in [0.5, 0.6) is 0 Å². The molecule has 1 heterocycles. The molecule has 3 rings (SSSR count). The van der Waals surface area contributed by atoms with Gasteiger partial charge in [-0.15, -0.1) is 0 Å². The third-order valence-electron chi connectivity index (χ3n) is 6.08. The Morgan fingerprint density at radius 1 is 1.09 bits per heavy atom. The molecule has 0 bridgehead atoms. The maximum atomic E-state index is 13.1. The summed E-state index contributed by atoms with van der Waals surface area (Å²) in [5, 5.41) is 3.01. The molecule has 32 heavy (non-hydrogen) atoms. The van der Waals surface area contributed by atoms with Crippen LogP contribution < -0.4 is 10.0 Å². The lowest BCUT2D eigenvalue weighted by Crippen LogP contribution is -2.47. The Morgan fingerprint density at radius 2 is 1.75 bits per heavy atom. The molecule has 1 saturated heterocycles. The average molecular weight is 458 g/mol. The number of nitrogens with one attached hydrogen (secondary N) is 2. The first-order valence-electron chi connectivity index (χ1n) is 11.0. The second-order valence-corrected chi connectivity index (χ2v) is 10.0. The third kappa shape index (κ3) is 5.37. The molecular formula is C24H31N3O4S. The summed E-state index contributed by atoms with van der Waals surface area (Å²) in [6.07, 6.45) is 2.07. The minimum Gasteiger partial charge on any atom is -0.349 e. The molecule has 1 unspecified atom stereocenters. The van der Waals surface area contributed by atoms with Crippen molar-refractivity contribution in [3.05, 3.63) is 65.2 Å². The molecule has 0 aromatic heterocycles. The van der Waals surface area contributed by atoms with Crippen LogP contribution in [-0.2, 0) is 14.8 Å². The molecule has 0 spiro atoms. The monoisotopic (exact) mass is 457 g/mol. The maximum absolute atomic E-state index is 13.1. The molecule has 2 aromatic rings.